The van der Waals surface area contributed by atoms with E-state index in [1.54, 1.807) is 0 Å². The van der Waals surface area contributed by atoms with Crippen molar-refractivity contribution < 1.29 is 0 Å². The van der Waals surface area contributed by atoms with Gasteiger partial charge in [0.1, 0.15) is 6.07 Å². The number of fused-ring (bicyclic) bond motifs is 1. The fourth-order valence-corrected chi connectivity index (χ4v) is 2.69. The highest BCUT2D eigenvalue weighted by Gasteiger charge is 2.35. The largest absolute Gasteiger partial charge is 0.263 e. The highest BCUT2D eigenvalue weighted by molar-refractivity contribution is 5.84. The Balaban J connectivity index is 2.07. The Morgan fingerprint density at radius 3 is 2.83 bits per heavy atom. The van der Waals surface area contributed by atoms with Crippen LogP contribution in [0.3, 0.4) is 0 Å². The van der Waals surface area contributed by atoms with Crippen LogP contribution in [0.4, 0.5) is 0 Å². The topological polar surface area (TPSA) is 41.6 Å². The minimum atomic E-state index is 0.182. The van der Waals surface area contributed by atoms with Gasteiger partial charge < -0.3 is 0 Å². The molecule has 0 radical (unpaired) electrons. The second-order valence-electron chi connectivity index (χ2n) is 5.06. The third-order valence-electron chi connectivity index (χ3n) is 4.01. The molecule has 1 aliphatic rings. The van der Waals surface area contributed by atoms with Gasteiger partial charge in [0.25, 0.3) is 0 Å². The molecule has 0 amide bonds. The van der Waals surface area contributed by atoms with E-state index in [0.29, 0.717) is 5.69 Å². The first kappa shape index (κ1) is 11.0. The van der Waals surface area contributed by atoms with Crippen LogP contribution >= 0.6 is 0 Å². The van der Waals surface area contributed by atoms with Crippen LogP contribution in [0.2, 0.25) is 0 Å². The predicted molar refractivity (Wildman–Crippen MR) is 70.9 cm³/mol. The summed E-state index contributed by atoms with van der Waals surface area (Å²) < 4.78 is 1.97. The highest BCUT2D eigenvalue weighted by Crippen LogP contribution is 2.43. The molecule has 1 fully saturated rings. The highest BCUT2D eigenvalue weighted by atomic mass is 15.3. The summed E-state index contributed by atoms with van der Waals surface area (Å²) >= 11 is 0. The Bertz CT molecular complexity index is 641. The number of para-hydroxylation sites is 1. The number of nitrogens with zero attached hydrogens (tertiary/aromatic N) is 3. The van der Waals surface area contributed by atoms with E-state index in [1.165, 1.54) is 19.3 Å². The average Bonchev–Trinajstić information content (AvgIpc) is 2.72. The van der Waals surface area contributed by atoms with Crippen molar-refractivity contribution in [1.29, 1.82) is 5.26 Å². The van der Waals surface area contributed by atoms with Crippen molar-refractivity contribution in [2.24, 2.45) is 5.41 Å². The maximum Gasteiger partial charge on any atom is 0.170 e. The fourth-order valence-electron chi connectivity index (χ4n) is 2.69. The molecule has 0 saturated heterocycles. The number of hydrogen-bond donors (Lipinski definition) is 0. The molecule has 1 saturated carbocycles. The van der Waals surface area contributed by atoms with Gasteiger partial charge in [-0.05, 0) is 25.0 Å². The zero-order chi connectivity index (χ0) is 12.6. The number of rotatable bonds is 3. The molecule has 0 unspecified atom stereocenters. The molecule has 0 aliphatic heterocycles. The molecule has 1 heterocycles. The van der Waals surface area contributed by atoms with Gasteiger partial charge >= 0.3 is 0 Å². The van der Waals surface area contributed by atoms with Gasteiger partial charge in [-0.15, -0.1) is 6.58 Å². The maximum atomic E-state index is 9.13. The van der Waals surface area contributed by atoms with Crippen LogP contribution in [0, 0.1) is 16.7 Å². The molecule has 3 heteroatoms. The number of benzene rings is 1. The quantitative estimate of drug-likeness (QED) is 0.769. The van der Waals surface area contributed by atoms with Crippen LogP contribution in [0.5, 0.6) is 0 Å². The van der Waals surface area contributed by atoms with Gasteiger partial charge in [0, 0.05) is 10.8 Å². The van der Waals surface area contributed by atoms with Crippen LogP contribution in [-0.2, 0) is 6.54 Å². The van der Waals surface area contributed by atoms with Crippen LogP contribution < -0.4 is 0 Å². The first-order valence-electron chi connectivity index (χ1n) is 6.27. The molecule has 3 nitrogen and oxygen atoms in total. The lowest BCUT2D eigenvalue weighted by Crippen LogP contribution is -2.32. The van der Waals surface area contributed by atoms with Crippen molar-refractivity contribution in [2.75, 3.05) is 0 Å². The van der Waals surface area contributed by atoms with E-state index in [0.717, 1.165) is 17.4 Å². The van der Waals surface area contributed by atoms with E-state index < -0.39 is 0 Å². The van der Waals surface area contributed by atoms with E-state index in [4.69, 9.17) is 5.26 Å². The number of nitriles is 1. The third kappa shape index (κ3) is 1.53. The maximum absolute atomic E-state index is 9.13. The van der Waals surface area contributed by atoms with Crippen molar-refractivity contribution in [1.82, 2.24) is 9.78 Å². The molecule has 0 atom stereocenters. The summed E-state index contributed by atoms with van der Waals surface area (Å²) in [5, 5.41) is 14.5. The van der Waals surface area contributed by atoms with Crippen molar-refractivity contribution in [3.05, 3.63) is 42.6 Å². The van der Waals surface area contributed by atoms with Gasteiger partial charge in [0.05, 0.1) is 12.1 Å². The Kier molecular flexibility index (Phi) is 2.45. The van der Waals surface area contributed by atoms with E-state index in [-0.39, 0.29) is 5.41 Å². The molecule has 1 aliphatic carbocycles. The lowest BCUT2D eigenvalue weighted by molar-refractivity contribution is 0.167. The Hall–Kier alpha value is -2.08. The van der Waals surface area contributed by atoms with Gasteiger partial charge in [-0.3, -0.25) is 4.68 Å². The van der Waals surface area contributed by atoms with Gasteiger partial charge in [0.15, 0.2) is 5.69 Å². The van der Waals surface area contributed by atoms with E-state index in [1.807, 2.05) is 28.9 Å². The minimum Gasteiger partial charge on any atom is -0.263 e. The van der Waals surface area contributed by atoms with Crippen molar-refractivity contribution in [3.8, 4) is 6.07 Å². The molecule has 18 heavy (non-hydrogen) atoms. The van der Waals surface area contributed by atoms with Crippen molar-refractivity contribution >= 4 is 10.9 Å². The van der Waals surface area contributed by atoms with Gasteiger partial charge in [-0.1, -0.05) is 24.6 Å². The first-order chi connectivity index (χ1) is 8.78. The van der Waals surface area contributed by atoms with E-state index in [9.17, 15) is 0 Å². The zero-order valence-electron chi connectivity index (χ0n) is 10.3. The van der Waals surface area contributed by atoms with Gasteiger partial charge in [-0.2, -0.15) is 10.4 Å². The molecular formula is C15H15N3. The molecule has 0 bridgehead atoms. The SMILES string of the molecule is C=CC1(Cn2nc(C#N)c3ccccc32)CCC1. The molecule has 1 aromatic carbocycles. The average molecular weight is 237 g/mol. The van der Waals surface area contributed by atoms with Crippen LogP contribution in [0.25, 0.3) is 10.9 Å². The molecule has 1 aromatic heterocycles. The van der Waals surface area contributed by atoms with E-state index in [2.05, 4.69) is 23.8 Å². The lowest BCUT2D eigenvalue weighted by atomic mass is 9.69. The summed E-state index contributed by atoms with van der Waals surface area (Å²) in [5.74, 6) is 0. The smallest absolute Gasteiger partial charge is 0.170 e. The van der Waals surface area contributed by atoms with Gasteiger partial charge in [0.2, 0.25) is 0 Å². The monoisotopic (exact) mass is 237 g/mol. The molecule has 3 rings (SSSR count). The predicted octanol–water partition coefficient (Wildman–Crippen LogP) is 3.26. The molecule has 2 aromatic rings. The standard InChI is InChI=1S/C15H15N3/c1-2-15(8-5-9-15)11-18-14-7-4-3-6-12(14)13(10-16)17-18/h2-4,6-7H,1,5,8-9,11H2. The summed E-state index contributed by atoms with van der Waals surface area (Å²) in [7, 11) is 0. The van der Waals surface area contributed by atoms with Crippen LogP contribution in [-0.4, -0.2) is 9.78 Å². The summed E-state index contributed by atoms with van der Waals surface area (Å²) in [6, 6.07) is 10.1. The minimum absolute atomic E-state index is 0.182. The van der Waals surface area contributed by atoms with Crippen LogP contribution in [0.1, 0.15) is 25.0 Å². The second-order valence-corrected chi connectivity index (χ2v) is 5.06. The summed E-state index contributed by atoms with van der Waals surface area (Å²) in [6.07, 6.45) is 5.66. The lowest BCUT2D eigenvalue weighted by Gasteiger charge is -2.39. The van der Waals surface area contributed by atoms with Crippen molar-refractivity contribution in [3.63, 3.8) is 0 Å². The Morgan fingerprint density at radius 2 is 2.22 bits per heavy atom. The first-order valence-corrected chi connectivity index (χ1v) is 6.27. The summed E-state index contributed by atoms with van der Waals surface area (Å²) in [6.45, 7) is 4.78. The number of aromatic nitrogens is 2. The molecule has 0 N–H and O–H groups in total. The second kappa shape index (κ2) is 3.99. The summed E-state index contributed by atoms with van der Waals surface area (Å²) in [4.78, 5) is 0. The third-order valence-corrected chi connectivity index (χ3v) is 4.01. The number of allylic oxidation sites excluding steroid dienone is 1. The molecular weight excluding hydrogens is 222 g/mol. The van der Waals surface area contributed by atoms with Crippen LogP contribution in [0.15, 0.2) is 36.9 Å². The zero-order valence-corrected chi connectivity index (χ0v) is 10.3. The fraction of sp³-hybridized carbons (Fsp3) is 0.333. The van der Waals surface area contributed by atoms with Crippen molar-refractivity contribution in [2.45, 2.75) is 25.8 Å². The molecule has 90 valence electrons. The molecule has 0 spiro atoms. The normalized spacial score (nSPS) is 17.1. The van der Waals surface area contributed by atoms with E-state index >= 15 is 0 Å². The summed E-state index contributed by atoms with van der Waals surface area (Å²) in [5.41, 5.74) is 1.74. The number of hydrogen-bond acceptors (Lipinski definition) is 2. The van der Waals surface area contributed by atoms with Gasteiger partial charge in [-0.25, -0.2) is 0 Å². The Labute approximate surface area is 106 Å². The Morgan fingerprint density at radius 1 is 1.44 bits per heavy atom.